The van der Waals surface area contributed by atoms with E-state index in [1.807, 2.05) is 20.8 Å². The Morgan fingerprint density at radius 2 is 1.81 bits per heavy atom. The maximum atomic E-state index is 12.6. The van der Waals surface area contributed by atoms with Crippen LogP contribution in [0, 0.1) is 6.92 Å². The Bertz CT molecular complexity index is 1040. The fraction of sp³-hybridized carbons (Fsp3) is 0.350. The molecule has 2 aromatic carbocycles. The number of phenolic OH excluding ortho intramolecular Hbond substituents is 2. The number of ketones is 1. The number of ether oxygens (including phenoxy) is 2. The van der Waals surface area contributed by atoms with Gasteiger partial charge in [-0.3, -0.25) is 4.79 Å². The molecule has 136 valence electrons. The predicted molar refractivity (Wildman–Crippen MR) is 96.0 cm³/mol. The molecule has 1 aliphatic heterocycles. The van der Waals surface area contributed by atoms with E-state index in [1.54, 1.807) is 6.92 Å². The van der Waals surface area contributed by atoms with Gasteiger partial charge < -0.3 is 24.8 Å². The maximum Gasteiger partial charge on any atom is 0.235 e. The summed E-state index contributed by atoms with van der Waals surface area (Å²) in [6, 6.07) is 1.47. The molecule has 2 aromatic rings. The summed E-state index contributed by atoms with van der Waals surface area (Å²) < 4.78 is 11.3. The third-order valence-corrected chi connectivity index (χ3v) is 5.73. The Morgan fingerprint density at radius 3 is 2.42 bits per heavy atom. The Morgan fingerprint density at radius 1 is 1.15 bits per heavy atom. The fourth-order valence-electron chi connectivity index (χ4n) is 4.05. The molecule has 0 spiro atoms. The van der Waals surface area contributed by atoms with Crippen molar-refractivity contribution in [3.8, 4) is 17.2 Å². The first-order valence-electron chi connectivity index (χ1n) is 8.37. The molecule has 1 unspecified atom stereocenters. The second-order valence-corrected chi connectivity index (χ2v) is 7.46. The number of aryl methyl sites for hydroxylation is 1. The summed E-state index contributed by atoms with van der Waals surface area (Å²) in [5.74, 6) is -1.35. The molecule has 0 aromatic heterocycles. The van der Waals surface area contributed by atoms with Crippen molar-refractivity contribution in [2.24, 2.45) is 0 Å². The van der Waals surface area contributed by atoms with Gasteiger partial charge in [0.1, 0.15) is 23.4 Å². The molecule has 1 heterocycles. The molecule has 0 saturated heterocycles. The number of rotatable bonds is 1. The summed E-state index contributed by atoms with van der Waals surface area (Å²) >= 11 is 0. The van der Waals surface area contributed by atoms with Crippen molar-refractivity contribution in [1.82, 2.24) is 0 Å². The van der Waals surface area contributed by atoms with Crippen LogP contribution >= 0.6 is 0 Å². The molecule has 0 radical (unpaired) electrons. The Hall–Kier alpha value is -2.89. The Labute approximate surface area is 150 Å². The van der Waals surface area contributed by atoms with Gasteiger partial charge in [-0.1, -0.05) is 13.8 Å². The van der Waals surface area contributed by atoms with Crippen molar-refractivity contribution in [2.75, 3.05) is 7.11 Å². The number of allylic oxidation sites excluding steroid dienone is 1. The van der Waals surface area contributed by atoms with Crippen molar-refractivity contribution in [3.05, 3.63) is 34.1 Å². The van der Waals surface area contributed by atoms with E-state index in [0.717, 1.165) is 0 Å². The van der Waals surface area contributed by atoms with Gasteiger partial charge in [-0.25, -0.2) is 0 Å². The highest BCUT2D eigenvalue weighted by atomic mass is 16.5. The summed E-state index contributed by atoms with van der Waals surface area (Å²) in [5, 5.41) is 32.8. The van der Waals surface area contributed by atoms with E-state index in [2.05, 4.69) is 0 Å². The highest BCUT2D eigenvalue weighted by Gasteiger charge is 2.46. The van der Waals surface area contributed by atoms with Gasteiger partial charge in [0, 0.05) is 21.8 Å². The zero-order chi connectivity index (χ0) is 19.1. The molecule has 26 heavy (non-hydrogen) atoms. The monoisotopic (exact) mass is 356 g/mol. The smallest absolute Gasteiger partial charge is 0.235 e. The van der Waals surface area contributed by atoms with E-state index in [1.165, 1.54) is 13.2 Å². The summed E-state index contributed by atoms with van der Waals surface area (Å²) in [6.45, 7) is 7.64. The molecule has 3 N–H and O–H groups in total. The van der Waals surface area contributed by atoms with Gasteiger partial charge in [0.2, 0.25) is 11.5 Å². The Balaban J connectivity index is 2.33. The molecular formula is C20H20O6. The number of fused-ring (bicyclic) bond motifs is 2. The number of phenols is 2. The summed E-state index contributed by atoms with van der Waals surface area (Å²) in [6.07, 6.45) is -0.210. The highest BCUT2D eigenvalue weighted by Crippen LogP contribution is 2.57. The van der Waals surface area contributed by atoms with Crippen molar-refractivity contribution in [3.63, 3.8) is 0 Å². The van der Waals surface area contributed by atoms with Crippen molar-refractivity contribution in [1.29, 1.82) is 0 Å². The molecule has 6 heteroatoms. The van der Waals surface area contributed by atoms with Crippen molar-refractivity contribution < 1.29 is 29.6 Å². The standard InChI is InChI=1S/C20H20O6/c1-7-6-9(21)11-12-10(7)18-14(20(3,4)8(2)26-18)15(22)13(12)19(25-5)17(24)16(11)23/h6,8,21-22,24H,1-5H3. The van der Waals surface area contributed by atoms with E-state index < -0.39 is 17.0 Å². The number of benzene rings is 2. The number of aliphatic hydroxyl groups excluding tert-OH is 1. The van der Waals surface area contributed by atoms with E-state index in [-0.39, 0.29) is 34.5 Å². The molecule has 0 amide bonds. The van der Waals surface area contributed by atoms with Crippen molar-refractivity contribution >= 4 is 22.3 Å². The largest absolute Gasteiger partial charge is 0.507 e. The van der Waals surface area contributed by atoms with Gasteiger partial charge in [-0.2, -0.15) is 0 Å². The number of Topliss-reactive ketones (excluding diaryl/α,β-unsaturated/α-hetero) is 1. The minimum Gasteiger partial charge on any atom is -0.507 e. The third-order valence-electron chi connectivity index (χ3n) is 5.73. The van der Waals surface area contributed by atoms with Crippen LogP contribution in [0.4, 0.5) is 0 Å². The van der Waals surface area contributed by atoms with E-state index in [0.29, 0.717) is 27.6 Å². The number of hydrogen-bond acceptors (Lipinski definition) is 6. The summed E-state index contributed by atoms with van der Waals surface area (Å²) in [4.78, 5) is 12.6. The second-order valence-electron chi connectivity index (χ2n) is 7.46. The first-order chi connectivity index (χ1) is 12.1. The van der Waals surface area contributed by atoms with Crippen LogP contribution in [0.15, 0.2) is 11.8 Å². The van der Waals surface area contributed by atoms with E-state index in [4.69, 9.17) is 9.47 Å². The van der Waals surface area contributed by atoms with Crippen LogP contribution in [-0.2, 0) is 10.2 Å². The van der Waals surface area contributed by atoms with Crippen LogP contribution in [0.1, 0.15) is 47.8 Å². The molecule has 0 saturated carbocycles. The summed E-state index contributed by atoms with van der Waals surface area (Å²) in [5.41, 5.74) is 0.957. The number of hydrogen-bond donors (Lipinski definition) is 3. The Kier molecular flexibility index (Phi) is 3.09. The van der Waals surface area contributed by atoms with Gasteiger partial charge in [0.25, 0.3) is 0 Å². The lowest BCUT2D eigenvalue weighted by Gasteiger charge is -2.26. The van der Waals surface area contributed by atoms with Gasteiger partial charge in [0.15, 0.2) is 5.76 Å². The zero-order valence-electron chi connectivity index (χ0n) is 15.2. The van der Waals surface area contributed by atoms with Gasteiger partial charge >= 0.3 is 0 Å². The maximum absolute atomic E-state index is 12.6. The number of carbonyl (C=O) groups excluding carboxylic acids is 1. The number of aliphatic hydroxyl groups is 1. The first kappa shape index (κ1) is 16.6. The lowest BCUT2D eigenvalue weighted by Crippen LogP contribution is -2.29. The SMILES string of the molecule is COC1=C(O)C(=O)c2c(O)cc(C)c3c4c(c(O)c1c23)C(C)(C)C(C)O4. The molecule has 1 atom stereocenters. The topological polar surface area (TPSA) is 96.2 Å². The summed E-state index contributed by atoms with van der Waals surface area (Å²) in [7, 11) is 1.32. The van der Waals surface area contributed by atoms with Gasteiger partial charge in [-0.15, -0.1) is 0 Å². The van der Waals surface area contributed by atoms with Crippen LogP contribution in [0.2, 0.25) is 0 Å². The molecule has 1 aliphatic carbocycles. The molecule has 0 bridgehead atoms. The molecule has 0 fully saturated rings. The predicted octanol–water partition coefficient (Wildman–Crippen LogP) is 3.69. The number of carbonyl (C=O) groups is 1. The van der Waals surface area contributed by atoms with Gasteiger partial charge in [0.05, 0.1) is 18.2 Å². The minimum atomic E-state index is -0.749. The van der Waals surface area contributed by atoms with Crippen LogP contribution in [0.3, 0.4) is 0 Å². The van der Waals surface area contributed by atoms with Crippen LogP contribution < -0.4 is 4.74 Å². The quantitative estimate of drug-likeness (QED) is 0.721. The lowest BCUT2D eigenvalue weighted by atomic mass is 9.77. The van der Waals surface area contributed by atoms with Crippen LogP contribution in [-0.4, -0.2) is 34.3 Å². The number of aromatic hydroxyl groups is 2. The molecule has 4 rings (SSSR count). The number of methoxy groups -OCH3 is 1. The zero-order valence-corrected chi connectivity index (χ0v) is 15.2. The normalized spacial score (nSPS) is 20.3. The van der Waals surface area contributed by atoms with Crippen LogP contribution in [0.5, 0.6) is 17.2 Å². The van der Waals surface area contributed by atoms with Crippen LogP contribution in [0.25, 0.3) is 16.5 Å². The van der Waals surface area contributed by atoms with E-state index in [9.17, 15) is 20.1 Å². The third kappa shape index (κ3) is 1.69. The first-order valence-corrected chi connectivity index (χ1v) is 8.37. The fourth-order valence-corrected chi connectivity index (χ4v) is 4.05. The lowest BCUT2D eigenvalue weighted by molar-refractivity contribution is 0.0970. The average molecular weight is 356 g/mol. The molecule has 2 aliphatic rings. The van der Waals surface area contributed by atoms with E-state index >= 15 is 0 Å². The average Bonchev–Trinajstić information content (AvgIpc) is 2.79. The van der Waals surface area contributed by atoms with Crippen molar-refractivity contribution in [2.45, 2.75) is 39.2 Å². The second kappa shape index (κ2) is 4.84. The molecular weight excluding hydrogens is 336 g/mol. The molecule has 6 nitrogen and oxygen atoms in total. The highest BCUT2D eigenvalue weighted by molar-refractivity contribution is 6.26. The van der Waals surface area contributed by atoms with Gasteiger partial charge in [-0.05, 0) is 25.5 Å². The minimum absolute atomic E-state index is 0.0574.